The Balaban J connectivity index is 2.00. The van der Waals surface area contributed by atoms with Gasteiger partial charge >= 0.3 is 6.03 Å². The summed E-state index contributed by atoms with van der Waals surface area (Å²) >= 11 is 0. The third-order valence-electron chi connectivity index (χ3n) is 6.60. The van der Waals surface area contributed by atoms with Crippen molar-refractivity contribution in [3.63, 3.8) is 0 Å². The van der Waals surface area contributed by atoms with Gasteiger partial charge in [0.25, 0.3) is 0 Å². The lowest BCUT2D eigenvalue weighted by Crippen LogP contribution is -2.45. The molecule has 1 atom stereocenters. The number of nitrogens with zero attached hydrogens (tertiary/aromatic N) is 1. The smallest absolute Gasteiger partial charge is 0.310 e. The van der Waals surface area contributed by atoms with Crippen LogP contribution < -0.4 is 10.2 Å². The zero-order valence-corrected chi connectivity index (χ0v) is 19.8. The molecule has 1 unspecified atom stereocenters. The summed E-state index contributed by atoms with van der Waals surface area (Å²) in [6, 6.07) is 18.2. The van der Waals surface area contributed by atoms with Crippen molar-refractivity contribution in [3.05, 3.63) is 89.1 Å². The maximum absolute atomic E-state index is 13.7. The van der Waals surface area contributed by atoms with E-state index < -0.39 is 0 Å². The quantitative estimate of drug-likeness (QED) is 0.529. The summed E-state index contributed by atoms with van der Waals surface area (Å²) in [6.07, 6.45) is 5.38. The fraction of sp³-hybridized carbons (Fsp3) is 0.393. The van der Waals surface area contributed by atoms with Gasteiger partial charge in [0, 0.05) is 16.8 Å². The van der Waals surface area contributed by atoms with Gasteiger partial charge in [-0.15, -0.1) is 0 Å². The molecule has 3 heteroatoms. The molecule has 0 fully saturated rings. The van der Waals surface area contributed by atoms with Crippen LogP contribution in [0.25, 0.3) is 0 Å². The Labute approximate surface area is 187 Å². The maximum Gasteiger partial charge on any atom is 0.326 e. The lowest BCUT2D eigenvalue weighted by atomic mass is 9.69. The molecule has 2 aromatic carbocycles. The van der Waals surface area contributed by atoms with Gasteiger partial charge in [-0.3, -0.25) is 4.90 Å². The molecule has 2 amide bonds. The summed E-state index contributed by atoms with van der Waals surface area (Å²) in [4.78, 5) is 15.6. The zero-order valence-electron chi connectivity index (χ0n) is 19.8. The summed E-state index contributed by atoms with van der Waals surface area (Å²) in [5, 5.41) is 3.37. The van der Waals surface area contributed by atoms with Crippen LogP contribution in [0.1, 0.15) is 52.2 Å². The predicted molar refractivity (Wildman–Crippen MR) is 131 cm³/mol. The number of urea groups is 1. The number of benzene rings is 2. The van der Waals surface area contributed by atoms with E-state index >= 15 is 0 Å². The van der Waals surface area contributed by atoms with Crippen LogP contribution in [0.2, 0.25) is 0 Å². The monoisotopic (exact) mass is 416 g/mol. The summed E-state index contributed by atoms with van der Waals surface area (Å²) in [7, 11) is 0. The lowest BCUT2D eigenvalue weighted by molar-refractivity contribution is 0.231. The van der Waals surface area contributed by atoms with Crippen LogP contribution in [-0.4, -0.2) is 6.03 Å². The Morgan fingerprint density at radius 1 is 1.03 bits per heavy atom. The van der Waals surface area contributed by atoms with Gasteiger partial charge in [-0.05, 0) is 48.4 Å². The van der Waals surface area contributed by atoms with Gasteiger partial charge in [0.1, 0.15) is 0 Å². The highest BCUT2D eigenvalue weighted by atomic mass is 16.2. The van der Waals surface area contributed by atoms with Crippen LogP contribution in [0.4, 0.5) is 10.5 Å². The Kier molecular flexibility index (Phi) is 7.04. The number of hydrogen-bond acceptors (Lipinski definition) is 1. The third-order valence-corrected chi connectivity index (χ3v) is 6.60. The third kappa shape index (κ3) is 5.10. The molecular formula is C28H36N2O. The van der Waals surface area contributed by atoms with Gasteiger partial charge in [-0.1, -0.05) is 94.8 Å². The summed E-state index contributed by atoms with van der Waals surface area (Å²) in [5.74, 6) is 0.746. The molecule has 164 valence electrons. The van der Waals surface area contributed by atoms with Crippen molar-refractivity contribution in [2.75, 3.05) is 4.90 Å². The molecule has 1 N–H and O–H groups in total. The second-order valence-electron chi connectivity index (χ2n) is 9.50. The van der Waals surface area contributed by atoms with Gasteiger partial charge in [0.05, 0.1) is 6.54 Å². The SMILES string of the molecule is Cc1ccc(N(Cc2ccccc2)C(=O)NC2=C(C(C)C)C=CCC2(C)C(C)C)cc1. The minimum atomic E-state index is -0.101. The maximum atomic E-state index is 13.7. The number of carbonyl (C=O) groups excluding carboxylic acids is 1. The molecule has 0 saturated carbocycles. The first-order valence-corrected chi connectivity index (χ1v) is 11.3. The molecule has 0 bridgehead atoms. The van der Waals surface area contributed by atoms with E-state index in [-0.39, 0.29) is 11.4 Å². The van der Waals surface area contributed by atoms with E-state index in [4.69, 9.17) is 0 Å². The van der Waals surface area contributed by atoms with Crippen LogP contribution in [0.15, 0.2) is 78.0 Å². The first kappa shape index (κ1) is 22.9. The number of amides is 2. The molecule has 3 nitrogen and oxygen atoms in total. The fourth-order valence-corrected chi connectivity index (χ4v) is 4.11. The topological polar surface area (TPSA) is 32.3 Å². The van der Waals surface area contributed by atoms with E-state index in [2.05, 4.69) is 83.3 Å². The number of allylic oxidation sites excluding steroid dienone is 4. The average Bonchev–Trinajstić information content (AvgIpc) is 2.74. The molecule has 0 aromatic heterocycles. The second kappa shape index (κ2) is 9.55. The molecule has 2 aromatic rings. The summed E-state index contributed by atoms with van der Waals surface area (Å²) in [5.41, 5.74) is 5.37. The molecule has 0 heterocycles. The van der Waals surface area contributed by atoms with Gasteiger partial charge < -0.3 is 5.32 Å². The number of aryl methyl sites for hydroxylation is 1. The van der Waals surface area contributed by atoms with E-state index in [0.29, 0.717) is 18.4 Å². The van der Waals surface area contributed by atoms with Crippen molar-refractivity contribution < 1.29 is 4.79 Å². The van der Waals surface area contributed by atoms with E-state index in [1.165, 1.54) is 11.1 Å². The largest absolute Gasteiger partial charge is 0.326 e. The summed E-state index contributed by atoms with van der Waals surface area (Å²) < 4.78 is 0. The molecule has 0 radical (unpaired) electrons. The van der Waals surface area contributed by atoms with E-state index in [1.807, 2.05) is 35.2 Å². The predicted octanol–water partition coefficient (Wildman–Crippen LogP) is 7.24. The first-order chi connectivity index (χ1) is 14.7. The van der Waals surface area contributed by atoms with E-state index in [1.54, 1.807) is 0 Å². The van der Waals surface area contributed by atoms with Crippen LogP contribution in [0, 0.1) is 24.2 Å². The highest BCUT2D eigenvalue weighted by Crippen LogP contribution is 2.43. The van der Waals surface area contributed by atoms with Gasteiger partial charge in [-0.25, -0.2) is 4.79 Å². The highest BCUT2D eigenvalue weighted by molar-refractivity contribution is 5.93. The van der Waals surface area contributed by atoms with Crippen LogP contribution >= 0.6 is 0 Å². The average molecular weight is 417 g/mol. The minimum Gasteiger partial charge on any atom is -0.310 e. The van der Waals surface area contributed by atoms with Gasteiger partial charge in [-0.2, -0.15) is 0 Å². The number of carbonyl (C=O) groups is 1. The van der Waals surface area contributed by atoms with Gasteiger partial charge in [0.15, 0.2) is 0 Å². The van der Waals surface area contributed by atoms with Crippen molar-refractivity contribution >= 4 is 11.7 Å². The number of hydrogen-bond donors (Lipinski definition) is 1. The molecule has 0 saturated heterocycles. The normalized spacial score (nSPS) is 18.6. The van der Waals surface area contributed by atoms with E-state index in [0.717, 1.165) is 23.4 Å². The zero-order chi connectivity index (χ0) is 22.6. The van der Waals surface area contributed by atoms with Crippen molar-refractivity contribution in [3.8, 4) is 0 Å². The van der Waals surface area contributed by atoms with Crippen LogP contribution in [0.3, 0.4) is 0 Å². The minimum absolute atomic E-state index is 0.0805. The van der Waals surface area contributed by atoms with E-state index in [9.17, 15) is 4.79 Å². The van der Waals surface area contributed by atoms with Crippen LogP contribution in [0.5, 0.6) is 0 Å². The molecule has 3 rings (SSSR count). The highest BCUT2D eigenvalue weighted by Gasteiger charge is 2.37. The molecule has 1 aliphatic rings. The first-order valence-electron chi connectivity index (χ1n) is 11.3. The number of rotatable bonds is 6. The molecule has 0 aliphatic heterocycles. The van der Waals surface area contributed by atoms with Crippen molar-refractivity contribution in [1.82, 2.24) is 5.32 Å². The second-order valence-corrected chi connectivity index (χ2v) is 9.50. The number of nitrogens with one attached hydrogen (secondary N) is 1. The Hall–Kier alpha value is -2.81. The van der Waals surface area contributed by atoms with Crippen molar-refractivity contribution in [1.29, 1.82) is 0 Å². The standard InChI is InChI=1S/C28H36N2O/c1-20(2)25-13-10-18-28(6,21(3)4)26(25)29-27(31)30(19-23-11-8-7-9-12-23)24-16-14-22(5)15-17-24/h7-17,20-21H,18-19H2,1-6H3,(H,29,31). The molecular weight excluding hydrogens is 380 g/mol. The fourth-order valence-electron chi connectivity index (χ4n) is 4.11. The molecule has 1 aliphatic carbocycles. The van der Waals surface area contributed by atoms with Crippen LogP contribution in [-0.2, 0) is 6.54 Å². The Morgan fingerprint density at radius 3 is 2.26 bits per heavy atom. The van der Waals surface area contributed by atoms with Gasteiger partial charge in [0.2, 0.25) is 0 Å². The Morgan fingerprint density at radius 2 is 1.68 bits per heavy atom. The summed E-state index contributed by atoms with van der Waals surface area (Å²) in [6.45, 7) is 13.7. The number of anilines is 1. The molecule has 0 spiro atoms. The van der Waals surface area contributed by atoms with Crippen molar-refractivity contribution in [2.24, 2.45) is 17.3 Å². The molecule has 31 heavy (non-hydrogen) atoms. The Bertz CT molecular complexity index is 954. The van der Waals surface area contributed by atoms with Crippen molar-refractivity contribution in [2.45, 2.75) is 54.5 Å². The lowest BCUT2D eigenvalue weighted by Gasteiger charge is -2.41.